The summed E-state index contributed by atoms with van der Waals surface area (Å²) in [6, 6.07) is 5.60. The molecule has 1 aliphatic heterocycles. The van der Waals surface area contributed by atoms with Gasteiger partial charge in [-0.05, 0) is 23.8 Å². The first kappa shape index (κ1) is 15.1. The lowest BCUT2D eigenvalue weighted by atomic mass is 10.1. The summed E-state index contributed by atoms with van der Waals surface area (Å²) in [6.45, 7) is 3.19. The molecular formula is C13H21N3O3S. The maximum Gasteiger partial charge on any atom is 0.211 e. The third kappa shape index (κ3) is 3.62. The normalized spacial score (nSPS) is 18.1. The lowest BCUT2D eigenvalue weighted by Gasteiger charge is -2.33. The Labute approximate surface area is 120 Å². The Balaban J connectivity index is 1.99. The highest BCUT2D eigenvalue weighted by molar-refractivity contribution is 7.88. The summed E-state index contributed by atoms with van der Waals surface area (Å²) < 4.78 is 29.6. The van der Waals surface area contributed by atoms with Gasteiger partial charge < -0.3 is 10.5 Å². The van der Waals surface area contributed by atoms with Crippen molar-refractivity contribution in [3.8, 4) is 5.75 Å². The third-order valence-electron chi connectivity index (χ3n) is 3.54. The van der Waals surface area contributed by atoms with Gasteiger partial charge in [-0.15, -0.1) is 0 Å². The van der Waals surface area contributed by atoms with Crippen LogP contribution in [-0.4, -0.2) is 57.2 Å². The number of hydrogen-bond acceptors (Lipinski definition) is 5. The first-order valence-corrected chi connectivity index (χ1v) is 8.35. The topological polar surface area (TPSA) is 75.9 Å². The summed E-state index contributed by atoms with van der Waals surface area (Å²) in [5, 5.41) is 0. The molecule has 7 heteroatoms. The highest BCUT2D eigenvalue weighted by Gasteiger charge is 2.23. The summed E-state index contributed by atoms with van der Waals surface area (Å²) in [7, 11) is -1.45. The first-order valence-electron chi connectivity index (χ1n) is 6.50. The van der Waals surface area contributed by atoms with Crippen molar-refractivity contribution in [2.75, 3.05) is 45.3 Å². The monoisotopic (exact) mass is 299 g/mol. The largest absolute Gasteiger partial charge is 0.497 e. The van der Waals surface area contributed by atoms with E-state index in [-0.39, 0.29) is 0 Å². The second kappa shape index (κ2) is 5.99. The Kier molecular flexibility index (Phi) is 4.52. The molecule has 1 aromatic rings. The molecule has 1 aliphatic rings. The zero-order valence-electron chi connectivity index (χ0n) is 11.9. The molecule has 0 aliphatic carbocycles. The van der Waals surface area contributed by atoms with Crippen LogP contribution in [0, 0.1) is 0 Å². The number of hydrogen-bond donors (Lipinski definition) is 1. The van der Waals surface area contributed by atoms with Crippen LogP contribution in [0.2, 0.25) is 0 Å². The molecule has 6 nitrogen and oxygen atoms in total. The van der Waals surface area contributed by atoms with E-state index in [1.807, 2.05) is 18.2 Å². The van der Waals surface area contributed by atoms with E-state index in [4.69, 9.17) is 10.5 Å². The van der Waals surface area contributed by atoms with Gasteiger partial charge in [-0.3, -0.25) is 4.90 Å². The molecule has 0 radical (unpaired) electrons. The highest BCUT2D eigenvalue weighted by atomic mass is 32.2. The van der Waals surface area contributed by atoms with E-state index in [2.05, 4.69) is 4.90 Å². The summed E-state index contributed by atoms with van der Waals surface area (Å²) in [5.74, 6) is 0.781. The van der Waals surface area contributed by atoms with Gasteiger partial charge in [0.15, 0.2) is 0 Å². The fourth-order valence-electron chi connectivity index (χ4n) is 2.31. The van der Waals surface area contributed by atoms with Gasteiger partial charge in [-0.2, -0.15) is 4.31 Å². The van der Waals surface area contributed by atoms with Gasteiger partial charge in [0.1, 0.15) is 5.75 Å². The second-order valence-electron chi connectivity index (χ2n) is 5.00. The lowest BCUT2D eigenvalue weighted by Crippen LogP contribution is -2.47. The maximum absolute atomic E-state index is 11.5. The zero-order valence-corrected chi connectivity index (χ0v) is 12.7. The van der Waals surface area contributed by atoms with E-state index in [1.54, 1.807) is 7.11 Å². The van der Waals surface area contributed by atoms with E-state index in [9.17, 15) is 8.42 Å². The lowest BCUT2D eigenvalue weighted by molar-refractivity contribution is 0.182. The van der Waals surface area contributed by atoms with Gasteiger partial charge in [0.25, 0.3) is 0 Å². The SMILES string of the molecule is COc1ccc(N)c(CN2CCN(S(C)(=O)=O)CC2)c1. The average Bonchev–Trinajstić information content (AvgIpc) is 2.41. The molecule has 0 spiro atoms. The number of ether oxygens (including phenoxy) is 1. The standard InChI is InChI=1S/C13H21N3O3S/c1-19-12-3-4-13(14)11(9-12)10-15-5-7-16(8-6-15)20(2,17)18/h3-4,9H,5-8,10,14H2,1-2H3. The quantitative estimate of drug-likeness (QED) is 0.812. The van der Waals surface area contributed by atoms with E-state index in [0.29, 0.717) is 32.7 Å². The number of nitrogens with zero attached hydrogens (tertiary/aromatic N) is 2. The van der Waals surface area contributed by atoms with Crippen LogP contribution >= 0.6 is 0 Å². The number of piperazine rings is 1. The number of nitrogens with two attached hydrogens (primary N) is 1. The van der Waals surface area contributed by atoms with Gasteiger partial charge >= 0.3 is 0 Å². The minimum Gasteiger partial charge on any atom is -0.497 e. The minimum atomic E-state index is -3.08. The Hall–Kier alpha value is -1.31. The van der Waals surface area contributed by atoms with Crippen molar-refractivity contribution in [1.82, 2.24) is 9.21 Å². The molecule has 20 heavy (non-hydrogen) atoms. The number of sulfonamides is 1. The Morgan fingerprint density at radius 2 is 1.90 bits per heavy atom. The van der Waals surface area contributed by atoms with Crippen molar-refractivity contribution >= 4 is 15.7 Å². The van der Waals surface area contributed by atoms with Crippen LogP contribution in [0.3, 0.4) is 0 Å². The van der Waals surface area contributed by atoms with Crippen molar-refractivity contribution in [1.29, 1.82) is 0 Å². The molecule has 0 bridgehead atoms. The van der Waals surface area contributed by atoms with Gasteiger partial charge in [-0.25, -0.2) is 8.42 Å². The fourth-order valence-corrected chi connectivity index (χ4v) is 3.13. The van der Waals surface area contributed by atoms with Crippen LogP contribution < -0.4 is 10.5 Å². The highest BCUT2D eigenvalue weighted by Crippen LogP contribution is 2.21. The summed E-state index contributed by atoms with van der Waals surface area (Å²) in [6.07, 6.45) is 1.25. The van der Waals surface area contributed by atoms with Crippen molar-refractivity contribution in [3.63, 3.8) is 0 Å². The van der Waals surface area contributed by atoms with Gasteiger partial charge in [-0.1, -0.05) is 0 Å². The zero-order chi connectivity index (χ0) is 14.8. The van der Waals surface area contributed by atoms with Crippen LogP contribution in [0.5, 0.6) is 5.75 Å². The number of anilines is 1. The van der Waals surface area contributed by atoms with Crippen LogP contribution in [-0.2, 0) is 16.6 Å². The molecule has 1 heterocycles. The molecule has 0 unspecified atom stereocenters. The smallest absolute Gasteiger partial charge is 0.211 e. The number of benzene rings is 1. The van der Waals surface area contributed by atoms with Crippen LogP contribution in [0.1, 0.15) is 5.56 Å². The van der Waals surface area contributed by atoms with Gasteiger partial charge in [0.05, 0.1) is 13.4 Å². The Morgan fingerprint density at radius 1 is 1.25 bits per heavy atom. The van der Waals surface area contributed by atoms with E-state index in [1.165, 1.54) is 10.6 Å². The minimum absolute atomic E-state index is 0.530. The summed E-state index contributed by atoms with van der Waals surface area (Å²) >= 11 is 0. The predicted molar refractivity (Wildman–Crippen MR) is 79.1 cm³/mol. The van der Waals surface area contributed by atoms with Crippen LogP contribution in [0.15, 0.2) is 18.2 Å². The van der Waals surface area contributed by atoms with Crippen LogP contribution in [0.4, 0.5) is 5.69 Å². The third-order valence-corrected chi connectivity index (χ3v) is 4.85. The summed E-state index contributed by atoms with van der Waals surface area (Å²) in [5.41, 5.74) is 7.71. The van der Waals surface area contributed by atoms with Crippen molar-refractivity contribution in [2.24, 2.45) is 0 Å². The molecular weight excluding hydrogens is 278 g/mol. The molecule has 2 rings (SSSR count). The average molecular weight is 299 g/mol. The number of rotatable bonds is 4. The van der Waals surface area contributed by atoms with E-state index < -0.39 is 10.0 Å². The fraction of sp³-hybridized carbons (Fsp3) is 0.538. The number of nitrogen functional groups attached to an aromatic ring is 1. The maximum atomic E-state index is 11.5. The Morgan fingerprint density at radius 3 is 2.45 bits per heavy atom. The molecule has 0 saturated carbocycles. The summed E-state index contributed by atoms with van der Waals surface area (Å²) in [4.78, 5) is 2.20. The van der Waals surface area contributed by atoms with Gasteiger partial charge in [0, 0.05) is 38.4 Å². The van der Waals surface area contributed by atoms with Crippen molar-refractivity contribution < 1.29 is 13.2 Å². The Bertz CT molecular complexity index is 566. The van der Waals surface area contributed by atoms with Crippen molar-refractivity contribution in [3.05, 3.63) is 23.8 Å². The molecule has 1 aromatic carbocycles. The number of methoxy groups -OCH3 is 1. The second-order valence-corrected chi connectivity index (χ2v) is 6.99. The van der Waals surface area contributed by atoms with Crippen molar-refractivity contribution in [2.45, 2.75) is 6.54 Å². The van der Waals surface area contributed by atoms with E-state index >= 15 is 0 Å². The molecule has 0 aromatic heterocycles. The van der Waals surface area contributed by atoms with Crippen LogP contribution in [0.25, 0.3) is 0 Å². The molecule has 0 atom stereocenters. The molecule has 0 amide bonds. The molecule has 2 N–H and O–H groups in total. The predicted octanol–water partition coefficient (Wildman–Crippen LogP) is 0.355. The first-order chi connectivity index (χ1) is 9.40. The molecule has 1 saturated heterocycles. The molecule has 1 fully saturated rings. The van der Waals surface area contributed by atoms with Gasteiger partial charge in [0.2, 0.25) is 10.0 Å². The molecule has 112 valence electrons. The van der Waals surface area contributed by atoms with E-state index in [0.717, 1.165) is 17.0 Å².